The number of nitrogen functional groups attached to an aromatic ring is 1. The van der Waals surface area contributed by atoms with Crippen molar-refractivity contribution < 1.29 is 14.7 Å². The lowest BCUT2D eigenvalue weighted by Gasteiger charge is -2.33. The predicted molar refractivity (Wildman–Crippen MR) is 78.7 cm³/mol. The Bertz CT molecular complexity index is 563. The van der Waals surface area contributed by atoms with Crippen molar-refractivity contribution in [3.05, 3.63) is 29.8 Å². The summed E-state index contributed by atoms with van der Waals surface area (Å²) in [7, 11) is 0. The van der Waals surface area contributed by atoms with Crippen molar-refractivity contribution in [2.45, 2.75) is 31.1 Å². The number of nitrogens with zero attached hydrogens (tertiary/aromatic N) is 1. The topological polar surface area (TPSA) is 83.6 Å². The lowest BCUT2D eigenvalue weighted by molar-refractivity contribution is -0.146. The van der Waals surface area contributed by atoms with Crippen LogP contribution in [-0.4, -0.2) is 35.0 Å². The van der Waals surface area contributed by atoms with E-state index >= 15 is 0 Å². The lowest BCUT2D eigenvalue weighted by atomic mass is 9.91. The summed E-state index contributed by atoms with van der Waals surface area (Å²) in [6.07, 6.45) is 3.10. The number of hydrogen-bond donors (Lipinski definition) is 2. The molecule has 1 amide bonds. The van der Waals surface area contributed by atoms with E-state index in [0.717, 1.165) is 24.8 Å². The molecule has 1 atom stereocenters. The van der Waals surface area contributed by atoms with Crippen LogP contribution in [-0.2, 0) is 15.0 Å². The van der Waals surface area contributed by atoms with Gasteiger partial charge in [-0.2, -0.15) is 0 Å². The van der Waals surface area contributed by atoms with Gasteiger partial charge in [-0.15, -0.1) is 0 Å². The number of likely N-dealkylation sites (tertiary alicyclic amines) is 1. The fourth-order valence-electron chi connectivity index (χ4n) is 3.22. The monoisotopic (exact) mass is 288 g/mol. The van der Waals surface area contributed by atoms with Crippen molar-refractivity contribution in [1.82, 2.24) is 4.90 Å². The highest BCUT2D eigenvalue weighted by Crippen LogP contribution is 2.50. The van der Waals surface area contributed by atoms with Crippen LogP contribution in [0, 0.1) is 5.92 Å². The molecule has 112 valence electrons. The van der Waals surface area contributed by atoms with E-state index in [9.17, 15) is 9.59 Å². The number of carboxylic acids is 1. The molecule has 1 saturated carbocycles. The maximum Gasteiger partial charge on any atom is 0.308 e. The van der Waals surface area contributed by atoms with E-state index in [4.69, 9.17) is 10.8 Å². The molecular weight excluding hydrogens is 268 g/mol. The zero-order valence-electron chi connectivity index (χ0n) is 11.9. The second-order valence-electron chi connectivity index (χ2n) is 6.13. The standard InChI is InChI=1S/C16H20N2O3/c17-13-5-3-12(4-6-13)16(7-8-16)15(21)18-9-1-2-11(10-18)14(19)20/h3-6,11H,1-2,7-10,17H2,(H,19,20). The third kappa shape index (κ3) is 2.48. The molecule has 1 aliphatic heterocycles. The third-order valence-electron chi connectivity index (χ3n) is 4.68. The second kappa shape index (κ2) is 5.06. The van der Waals surface area contributed by atoms with Crippen molar-refractivity contribution in [2.24, 2.45) is 5.92 Å². The summed E-state index contributed by atoms with van der Waals surface area (Å²) in [5.41, 5.74) is 6.95. The molecule has 2 fully saturated rings. The summed E-state index contributed by atoms with van der Waals surface area (Å²) in [4.78, 5) is 25.7. The lowest BCUT2D eigenvalue weighted by Crippen LogP contribution is -2.46. The Kier molecular flexibility index (Phi) is 3.35. The van der Waals surface area contributed by atoms with Crippen LogP contribution in [0.15, 0.2) is 24.3 Å². The second-order valence-corrected chi connectivity index (χ2v) is 6.13. The molecule has 3 N–H and O–H groups in total. The van der Waals surface area contributed by atoms with Gasteiger partial charge in [0.15, 0.2) is 0 Å². The van der Waals surface area contributed by atoms with E-state index in [2.05, 4.69) is 0 Å². The minimum Gasteiger partial charge on any atom is -0.481 e. The molecule has 0 spiro atoms. The number of rotatable bonds is 3. The zero-order chi connectivity index (χ0) is 15.0. The highest BCUT2D eigenvalue weighted by molar-refractivity contribution is 5.91. The van der Waals surface area contributed by atoms with Crippen LogP contribution < -0.4 is 5.73 Å². The SMILES string of the molecule is Nc1ccc(C2(C(=O)N3CCCC(C(=O)O)C3)CC2)cc1. The van der Waals surface area contributed by atoms with E-state index in [1.807, 2.05) is 24.3 Å². The Morgan fingerprint density at radius 2 is 1.90 bits per heavy atom. The van der Waals surface area contributed by atoms with Gasteiger partial charge < -0.3 is 15.7 Å². The molecule has 0 bridgehead atoms. The van der Waals surface area contributed by atoms with E-state index < -0.39 is 17.3 Å². The van der Waals surface area contributed by atoms with Gasteiger partial charge in [0.2, 0.25) is 5.91 Å². The van der Waals surface area contributed by atoms with Crippen molar-refractivity contribution in [3.8, 4) is 0 Å². The van der Waals surface area contributed by atoms with E-state index in [0.29, 0.717) is 25.2 Å². The largest absolute Gasteiger partial charge is 0.481 e. The van der Waals surface area contributed by atoms with Gasteiger partial charge in [0.05, 0.1) is 11.3 Å². The number of benzene rings is 1. The molecule has 1 unspecified atom stereocenters. The summed E-state index contributed by atoms with van der Waals surface area (Å²) in [6, 6.07) is 7.47. The number of anilines is 1. The van der Waals surface area contributed by atoms with Crippen LogP contribution in [0.4, 0.5) is 5.69 Å². The minimum atomic E-state index is -0.801. The van der Waals surface area contributed by atoms with E-state index in [1.165, 1.54) is 0 Å². The predicted octanol–water partition coefficient (Wildman–Crippen LogP) is 1.62. The molecule has 1 saturated heterocycles. The van der Waals surface area contributed by atoms with Crippen molar-refractivity contribution in [3.63, 3.8) is 0 Å². The van der Waals surface area contributed by atoms with Gasteiger partial charge in [0.1, 0.15) is 0 Å². The first-order valence-electron chi connectivity index (χ1n) is 7.41. The molecular formula is C16H20N2O3. The molecule has 21 heavy (non-hydrogen) atoms. The Morgan fingerprint density at radius 1 is 1.24 bits per heavy atom. The summed E-state index contributed by atoms with van der Waals surface area (Å²) in [5, 5.41) is 9.15. The van der Waals surface area contributed by atoms with Crippen molar-refractivity contribution in [1.29, 1.82) is 0 Å². The van der Waals surface area contributed by atoms with Crippen molar-refractivity contribution >= 4 is 17.6 Å². The maximum absolute atomic E-state index is 12.8. The number of carboxylic acid groups (broad SMARTS) is 1. The molecule has 1 aromatic rings. The van der Waals surface area contributed by atoms with Gasteiger partial charge in [-0.3, -0.25) is 9.59 Å². The smallest absolute Gasteiger partial charge is 0.308 e. The van der Waals surface area contributed by atoms with Crippen LogP contribution in [0.5, 0.6) is 0 Å². The van der Waals surface area contributed by atoms with E-state index in [1.54, 1.807) is 4.90 Å². The van der Waals surface area contributed by atoms with Crippen LogP contribution in [0.2, 0.25) is 0 Å². The number of piperidine rings is 1. The van der Waals surface area contributed by atoms with Gasteiger partial charge in [-0.25, -0.2) is 0 Å². The fourth-order valence-corrected chi connectivity index (χ4v) is 3.22. The fraction of sp³-hybridized carbons (Fsp3) is 0.500. The third-order valence-corrected chi connectivity index (χ3v) is 4.68. The molecule has 0 radical (unpaired) electrons. The zero-order valence-corrected chi connectivity index (χ0v) is 11.9. The van der Waals surface area contributed by atoms with Crippen LogP contribution in [0.25, 0.3) is 0 Å². The summed E-state index contributed by atoms with van der Waals surface area (Å²) >= 11 is 0. The normalized spacial score (nSPS) is 23.6. The molecule has 1 aliphatic carbocycles. The van der Waals surface area contributed by atoms with Crippen LogP contribution in [0.3, 0.4) is 0 Å². The minimum absolute atomic E-state index is 0.0817. The van der Waals surface area contributed by atoms with Gasteiger partial charge in [-0.05, 0) is 43.4 Å². The number of nitrogens with two attached hydrogens (primary N) is 1. The average molecular weight is 288 g/mol. The van der Waals surface area contributed by atoms with Crippen LogP contribution in [0.1, 0.15) is 31.2 Å². The quantitative estimate of drug-likeness (QED) is 0.828. The first-order valence-corrected chi connectivity index (χ1v) is 7.41. The van der Waals surface area contributed by atoms with Gasteiger partial charge in [0.25, 0.3) is 0 Å². The molecule has 0 aromatic heterocycles. The number of aliphatic carboxylic acids is 1. The maximum atomic E-state index is 12.8. The Balaban J connectivity index is 1.78. The van der Waals surface area contributed by atoms with E-state index in [-0.39, 0.29) is 5.91 Å². The number of carbonyl (C=O) groups is 2. The Labute approximate surface area is 123 Å². The van der Waals surface area contributed by atoms with Gasteiger partial charge >= 0.3 is 5.97 Å². The first kappa shape index (κ1) is 13.9. The Morgan fingerprint density at radius 3 is 2.48 bits per heavy atom. The molecule has 2 aliphatic rings. The first-order chi connectivity index (χ1) is 10.0. The van der Waals surface area contributed by atoms with Gasteiger partial charge in [-0.1, -0.05) is 12.1 Å². The Hall–Kier alpha value is -2.04. The number of amides is 1. The average Bonchev–Trinajstić information content (AvgIpc) is 3.29. The molecule has 3 rings (SSSR count). The molecule has 1 aromatic carbocycles. The number of carbonyl (C=O) groups excluding carboxylic acids is 1. The summed E-state index contributed by atoms with van der Waals surface area (Å²) in [5.74, 6) is -1.15. The van der Waals surface area contributed by atoms with Crippen molar-refractivity contribution in [2.75, 3.05) is 18.8 Å². The molecule has 1 heterocycles. The van der Waals surface area contributed by atoms with Gasteiger partial charge in [0, 0.05) is 18.8 Å². The summed E-state index contributed by atoms with van der Waals surface area (Å²) in [6.45, 7) is 1.00. The summed E-state index contributed by atoms with van der Waals surface area (Å²) < 4.78 is 0. The number of hydrogen-bond acceptors (Lipinski definition) is 3. The molecule has 5 heteroatoms. The molecule has 5 nitrogen and oxygen atoms in total. The highest BCUT2D eigenvalue weighted by Gasteiger charge is 2.53. The van der Waals surface area contributed by atoms with Crippen LogP contribution >= 0.6 is 0 Å². The highest BCUT2D eigenvalue weighted by atomic mass is 16.4.